The molecule has 3 aromatic heterocycles. The molecule has 6 nitrogen and oxygen atoms in total. The summed E-state index contributed by atoms with van der Waals surface area (Å²) in [5, 5.41) is 0.998. The fraction of sp³-hybridized carbons (Fsp3) is 0. The molecule has 0 unspecified atom stereocenters. The van der Waals surface area contributed by atoms with Crippen molar-refractivity contribution in [2.24, 2.45) is 9.98 Å². The van der Waals surface area contributed by atoms with Crippen LogP contribution in [0.3, 0.4) is 0 Å². The lowest BCUT2D eigenvalue weighted by molar-refractivity contribution is 1.23. The van der Waals surface area contributed by atoms with Crippen LogP contribution in [0.5, 0.6) is 0 Å². The first-order chi connectivity index (χ1) is 18.8. The van der Waals surface area contributed by atoms with Gasteiger partial charge >= 0.3 is 0 Å². The molecule has 0 N–H and O–H groups in total. The molecule has 0 bridgehead atoms. The van der Waals surface area contributed by atoms with Gasteiger partial charge in [0.2, 0.25) is 0 Å². The van der Waals surface area contributed by atoms with E-state index in [0.29, 0.717) is 5.82 Å². The molecule has 0 radical (unpaired) electrons. The number of nitrogens with zero attached hydrogens (tertiary/aromatic N) is 6. The average molecular weight is 491 g/mol. The van der Waals surface area contributed by atoms with E-state index in [1.165, 1.54) is 0 Å². The van der Waals surface area contributed by atoms with Gasteiger partial charge in [-0.3, -0.25) is 20.0 Å². The quantitative estimate of drug-likeness (QED) is 0.230. The third-order valence-corrected chi connectivity index (χ3v) is 5.94. The molecule has 0 aliphatic heterocycles. The predicted octanol–water partition coefficient (Wildman–Crippen LogP) is 7.26. The number of para-hydroxylation sites is 1. The smallest absolute Gasteiger partial charge is 0.160 e. The molecule has 0 saturated heterocycles. The summed E-state index contributed by atoms with van der Waals surface area (Å²) < 4.78 is 0. The van der Waals surface area contributed by atoms with Crippen LogP contribution in [0.1, 0.15) is 11.4 Å². The predicted molar refractivity (Wildman–Crippen MR) is 153 cm³/mol. The standard InChI is InChI=1S/C32H22N6/c1-2-10-30-29(9-1)31(23-11-15-25(16-12-23)35-21-27-7-3-5-19-33-27)38-32(37-30)24-13-17-26(18-14-24)36-22-28-8-4-6-20-34-28/h1-22H. The second-order valence-corrected chi connectivity index (χ2v) is 8.53. The van der Waals surface area contributed by atoms with Gasteiger partial charge in [-0.15, -0.1) is 0 Å². The van der Waals surface area contributed by atoms with Gasteiger partial charge in [0.15, 0.2) is 5.82 Å². The second kappa shape index (κ2) is 10.7. The summed E-state index contributed by atoms with van der Waals surface area (Å²) in [6.07, 6.45) is 7.02. The Morgan fingerprint density at radius 1 is 0.500 bits per heavy atom. The van der Waals surface area contributed by atoms with Gasteiger partial charge in [0.1, 0.15) is 0 Å². The van der Waals surface area contributed by atoms with Crippen LogP contribution in [0.4, 0.5) is 11.4 Å². The van der Waals surface area contributed by atoms with E-state index < -0.39 is 0 Å². The lowest BCUT2D eigenvalue weighted by Gasteiger charge is -2.10. The van der Waals surface area contributed by atoms with Crippen molar-refractivity contribution in [1.82, 2.24) is 19.9 Å². The monoisotopic (exact) mass is 490 g/mol. The topological polar surface area (TPSA) is 76.3 Å². The SMILES string of the molecule is C(=Nc1ccc(-c2nc(-c3ccc(N=Cc4ccccn4)cc3)c3ccccc3n2)cc1)c1ccccn1. The van der Waals surface area contributed by atoms with Crippen LogP contribution in [0, 0.1) is 0 Å². The Hall–Kier alpha value is -5.36. The molecule has 0 spiro atoms. The molecule has 0 atom stereocenters. The van der Waals surface area contributed by atoms with E-state index >= 15 is 0 Å². The second-order valence-electron chi connectivity index (χ2n) is 8.53. The van der Waals surface area contributed by atoms with Crippen LogP contribution in [0.25, 0.3) is 33.5 Å². The van der Waals surface area contributed by atoms with Gasteiger partial charge in [0.05, 0.1) is 46.4 Å². The normalized spacial score (nSPS) is 11.5. The van der Waals surface area contributed by atoms with Crippen molar-refractivity contribution in [1.29, 1.82) is 0 Å². The first kappa shape index (κ1) is 23.1. The molecular formula is C32H22N6. The van der Waals surface area contributed by atoms with E-state index in [4.69, 9.17) is 9.97 Å². The van der Waals surface area contributed by atoms with E-state index in [9.17, 15) is 0 Å². The first-order valence-electron chi connectivity index (χ1n) is 12.2. The summed E-state index contributed by atoms with van der Waals surface area (Å²) in [7, 11) is 0. The molecule has 0 aliphatic carbocycles. The number of aliphatic imine (C=N–C) groups is 2. The lowest BCUT2D eigenvalue weighted by Crippen LogP contribution is -1.95. The van der Waals surface area contributed by atoms with Gasteiger partial charge < -0.3 is 0 Å². The molecule has 0 fully saturated rings. The van der Waals surface area contributed by atoms with E-state index in [0.717, 1.165) is 50.5 Å². The van der Waals surface area contributed by atoms with E-state index in [1.54, 1.807) is 24.8 Å². The Kier molecular flexibility index (Phi) is 6.51. The van der Waals surface area contributed by atoms with Gasteiger partial charge in [-0.1, -0.05) is 42.5 Å². The highest BCUT2D eigenvalue weighted by molar-refractivity contribution is 5.94. The summed E-state index contributed by atoms with van der Waals surface area (Å²) in [6, 6.07) is 35.5. The molecule has 0 amide bonds. The van der Waals surface area contributed by atoms with Gasteiger partial charge in [-0.2, -0.15) is 0 Å². The van der Waals surface area contributed by atoms with Crippen molar-refractivity contribution in [3.8, 4) is 22.6 Å². The summed E-state index contributed by atoms with van der Waals surface area (Å²) in [5.74, 6) is 0.663. The largest absolute Gasteiger partial charge is 0.255 e. The number of fused-ring (bicyclic) bond motifs is 1. The fourth-order valence-electron chi connectivity index (χ4n) is 4.01. The summed E-state index contributed by atoms with van der Waals surface area (Å²) >= 11 is 0. The molecule has 6 rings (SSSR count). The van der Waals surface area contributed by atoms with Crippen molar-refractivity contribution in [2.45, 2.75) is 0 Å². The van der Waals surface area contributed by atoms with Gasteiger partial charge in [-0.25, -0.2) is 9.97 Å². The van der Waals surface area contributed by atoms with Crippen LogP contribution in [0.15, 0.2) is 132 Å². The minimum Gasteiger partial charge on any atom is -0.255 e. The van der Waals surface area contributed by atoms with Crippen molar-refractivity contribution in [3.05, 3.63) is 133 Å². The molecule has 0 aliphatic rings. The van der Waals surface area contributed by atoms with Crippen molar-refractivity contribution in [3.63, 3.8) is 0 Å². The Labute approximate surface area is 220 Å². The highest BCUT2D eigenvalue weighted by Crippen LogP contribution is 2.30. The average Bonchev–Trinajstić information content (AvgIpc) is 3.00. The van der Waals surface area contributed by atoms with Crippen molar-refractivity contribution >= 4 is 34.7 Å². The number of rotatable bonds is 6. The fourth-order valence-corrected chi connectivity index (χ4v) is 4.01. The number of hydrogen-bond acceptors (Lipinski definition) is 6. The van der Waals surface area contributed by atoms with E-state index in [1.807, 2.05) is 103 Å². The number of benzene rings is 3. The van der Waals surface area contributed by atoms with Crippen molar-refractivity contribution in [2.75, 3.05) is 0 Å². The molecule has 6 heteroatoms. The van der Waals surface area contributed by atoms with Crippen LogP contribution in [-0.2, 0) is 0 Å². The van der Waals surface area contributed by atoms with Crippen molar-refractivity contribution < 1.29 is 0 Å². The van der Waals surface area contributed by atoms with Gasteiger partial charge in [0, 0.05) is 28.9 Å². The maximum atomic E-state index is 4.98. The molecule has 3 heterocycles. The number of pyridine rings is 2. The zero-order chi connectivity index (χ0) is 25.6. The third-order valence-electron chi connectivity index (χ3n) is 5.94. The molecular weight excluding hydrogens is 468 g/mol. The first-order valence-corrected chi connectivity index (χ1v) is 12.2. The van der Waals surface area contributed by atoms with Crippen LogP contribution in [0.2, 0.25) is 0 Å². The zero-order valence-corrected chi connectivity index (χ0v) is 20.4. The van der Waals surface area contributed by atoms with E-state index in [-0.39, 0.29) is 0 Å². The Bertz CT molecular complexity index is 1730. The lowest BCUT2D eigenvalue weighted by atomic mass is 10.1. The Morgan fingerprint density at radius 3 is 1.63 bits per heavy atom. The summed E-state index contributed by atoms with van der Waals surface area (Å²) in [5.41, 5.74) is 7.00. The van der Waals surface area contributed by atoms with Gasteiger partial charge in [0.25, 0.3) is 0 Å². The van der Waals surface area contributed by atoms with E-state index in [2.05, 4.69) is 26.0 Å². The summed E-state index contributed by atoms with van der Waals surface area (Å²) in [6.45, 7) is 0. The van der Waals surface area contributed by atoms with Crippen LogP contribution < -0.4 is 0 Å². The molecule has 6 aromatic rings. The Balaban J connectivity index is 1.30. The number of hydrogen-bond donors (Lipinski definition) is 0. The molecule has 0 saturated carbocycles. The highest BCUT2D eigenvalue weighted by Gasteiger charge is 2.11. The zero-order valence-electron chi connectivity index (χ0n) is 20.4. The third kappa shape index (κ3) is 5.24. The number of aromatic nitrogens is 4. The maximum Gasteiger partial charge on any atom is 0.160 e. The Morgan fingerprint density at radius 2 is 1.05 bits per heavy atom. The maximum absolute atomic E-state index is 4.98. The molecule has 38 heavy (non-hydrogen) atoms. The molecule has 3 aromatic carbocycles. The highest BCUT2D eigenvalue weighted by atomic mass is 14.9. The van der Waals surface area contributed by atoms with Crippen LogP contribution >= 0.6 is 0 Å². The minimum absolute atomic E-state index is 0.663. The molecule has 180 valence electrons. The van der Waals surface area contributed by atoms with Crippen LogP contribution in [-0.4, -0.2) is 32.4 Å². The summed E-state index contributed by atoms with van der Waals surface area (Å²) in [4.78, 5) is 27.5. The van der Waals surface area contributed by atoms with Gasteiger partial charge in [-0.05, 0) is 66.7 Å². The minimum atomic E-state index is 0.663.